The third-order valence-electron chi connectivity index (χ3n) is 6.80. The van der Waals surface area contributed by atoms with Crippen molar-refractivity contribution in [3.63, 3.8) is 0 Å². The van der Waals surface area contributed by atoms with Crippen LogP contribution < -0.4 is 9.62 Å². The molecule has 42 heavy (non-hydrogen) atoms. The Morgan fingerprint density at radius 2 is 1.52 bits per heavy atom. The number of nitrogens with one attached hydrogen (secondary N) is 1. The molecule has 3 rings (SSSR count). The number of hydrogen-bond acceptors (Lipinski definition) is 4. The van der Waals surface area contributed by atoms with E-state index in [1.165, 1.54) is 37.2 Å². The van der Waals surface area contributed by atoms with Crippen LogP contribution in [0.1, 0.15) is 31.4 Å². The summed E-state index contributed by atoms with van der Waals surface area (Å²) < 4.78 is 43.3. The van der Waals surface area contributed by atoms with Gasteiger partial charge in [-0.15, -0.1) is 0 Å². The number of para-hydroxylation sites is 1. The number of nitrogens with zero attached hydrogens (tertiary/aromatic N) is 3. The summed E-state index contributed by atoms with van der Waals surface area (Å²) in [5.74, 6) is -2.01. The highest BCUT2D eigenvalue weighted by Gasteiger charge is 2.36. The number of amides is 2. The Bertz CT molecular complexity index is 1470. The maximum absolute atomic E-state index is 14.9. The highest BCUT2D eigenvalue weighted by atomic mass is 35.5. The quantitative estimate of drug-likeness (QED) is 0.276. The third kappa shape index (κ3) is 8.22. The molecule has 0 spiro atoms. The van der Waals surface area contributed by atoms with Gasteiger partial charge in [0.15, 0.2) is 0 Å². The first-order valence-corrected chi connectivity index (χ1v) is 15.5. The number of halogens is 3. The summed E-state index contributed by atoms with van der Waals surface area (Å²) in [6.07, 6.45) is 0.771. The molecule has 0 aliphatic heterocycles. The molecule has 0 saturated carbocycles. The summed E-state index contributed by atoms with van der Waals surface area (Å²) in [6.45, 7) is 2.78. The summed E-state index contributed by atoms with van der Waals surface area (Å²) in [6, 6.07) is 18.0. The number of carbonyl (C=O) groups is 2. The molecule has 2 amide bonds. The highest BCUT2D eigenvalue weighted by Crippen LogP contribution is 2.29. The Morgan fingerprint density at radius 1 is 0.929 bits per heavy atom. The van der Waals surface area contributed by atoms with Gasteiger partial charge in [0.2, 0.25) is 11.8 Å². The van der Waals surface area contributed by atoms with E-state index in [2.05, 4.69) is 5.32 Å². The molecule has 0 bridgehead atoms. The summed E-state index contributed by atoms with van der Waals surface area (Å²) in [5.41, 5.74) is 0.854. The molecule has 0 saturated heterocycles. The first kappa shape index (κ1) is 33.3. The topological polar surface area (TPSA) is 90.0 Å². The van der Waals surface area contributed by atoms with Gasteiger partial charge in [-0.05, 0) is 43.2 Å². The lowest BCUT2D eigenvalue weighted by atomic mass is 10.0. The van der Waals surface area contributed by atoms with Crippen LogP contribution in [-0.4, -0.2) is 62.2 Å². The van der Waals surface area contributed by atoms with Gasteiger partial charge in [-0.2, -0.15) is 12.7 Å². The third-order valence-corrected chi connectivity index (χ3v) is 9.32. The van der Waals surface area contributed by atoms with E-state index in [9.17, 15) is 22.4 Å². The monoisotopic (exact) mass is 636 g/mol. The van der Waals surface area contributed by atoms with Crippen molar-refractivity contribution in [2.24, 2.45) is 0 Å². The van der Waals surface area contributed by atoms with Crippen molar-refractivity contribution in [3.05, 3.63) is 99.8 Å². The van der Waals surface area contributed by atoms with Gasteiger partial charge in [0, 0.05) is 48.7 Å². The van der Waals surface area contributed by atoms with E-state index in [4.69, 9.17) is 23.2 Å². The van der Waals surface area contributed by atoms with Crippen molar-refractivity contribution in [1.82, 2.24) is 14.5 Å². The standard InChI is InChI=1S/C30H35Cl2FN4O4S/c1-5-21(2)34-30(39)28(18-22-12-7-6-8-13-22)36(19-23-24(31)14-11-15-25(23)32)29(38)20-37(42(40,41)35(3)4)27-17-10-9-16-26(27)33/h6-17,21,28H,5,18-20H2,1-4H3,(H,34,39)/t21-,28+/m1/s1. The van der Waals surface area contributed by atoms with Crippen LogP contribution in [0.25, 0.3) is 0 Å². The number of hydrogen-bond donors (Lipinski definition) is 1. The van der Waals surface area contributed by atoms with Crippen molar-refractivity contribution in [1.29, 1.82) is 0 Å². The van der Waals surface area contributed by atoms with Gasteiger partial charge < -0.3 is 10.2 Å². The smallest absolute Gasteiger partial charge is 0.304 e. The maximum atomic E-state index is 14.9. The minimum Gasteiger partial charge on any atom is -0.352 e. The summed E-state index contributed by atoms with van der Waals surface area (Å²) >= 11 is 13.0. The van der Waals surface area contributed by atoms with Gasteiger partial charge >= 0.3 is 10.2 Å². The van der Waals surface area contributed by atoms with Crippen LogP contribution in [0.2, 0.25) is 10.0 Å². The van der Waals surface area contributed by atoms with Crippen LogP contribution in [0.4, 0.5) is 10.1 Å². The van der Waals surface area contributed by atoms with Crippen LogP contribution >= 0.6 is 23.2 Å². The molecule has 2 atom stereocenters. The van der Waals surface area contributed by atoms with Gasteiger partial charge in [-0.1, -0.05) is 78.7 Å². The Morgan fingerprint density at radius 3 is 2.10 bits per heavy atom. The fourth-order valence-electron chi connectivity index (χ4n) is 4.20. The average Bonchev–Trinajstić information content (AvgIpc) is 2.95. The van der Waals surface area contributed by atoms with Crippen molar-refractivity contribution in [2.75, 3.05) is 24.9 Å². The molecule has 1 N–H and O–H groups in total. The second-order valence-corrected chi connectivity index (χ2v) is 12.9. The van der Waals surface area contributed by atoms with Gasteiger partial charge in [0.25, 0.3) is 0 Å². The molecule has 0 unspecified atom stereocenters. The van der Waals surface area contributed by atoms with Crippen LogP contribution in [0.15, 0.2) is 72.8 Å². The van der Waals surface area contributed by atoms with Crippen LogP contribution in [0, 0.1) is 5.82 Å². The molecular formula is C30H35Cl2FN4O4S. The lowest BCUT2D eigenvalue weighted by Gasteiger charge is -2.35. The molecule has 0 aliphatic rings. The van der Waals surface area contributed by atoms with E-state index in [0.29, 0.717) is 16.3 Å². The number of benzene rings is 3. The van der Waals surface area contributed by atoms with Crippen molar-refractivity contribution < 1.29 is 22.4 Å². The lowest BCUT2D eigenvalue weighted by molar-refractivity contribution is -0.140. The second kappa shape index (κ2) is 14.8. The fourth-order valence-corrected chi connectivity index (χ4v) is 5.79. The first-order chi connectivity index (χ1) is 19.9. The molecule has 0 aliphatic carbocycles. The highest BCUT2D eigenvalue weighted by molar-refractivity contribution is 7.90. The minimum absolute atomic E-state index is 0.122. The van der Waals surface area contributed by atoms with E-state index in [0.717, 1.165) is 15.9 Å². The summed E-state index contributed by atoms with van der Waals surface area (Å²) in [7, 11) is -1.76. The van der Waals surface area contributed by atoms with Crippen LogP contribution in [0.3, 0.4) is 0 Å². The molecule has 3 aromatic rings. The average molecular weight is 638 g/mol. The largest absolute Gasteiger partial charge is 0.352 e. The fraction of sp³-hybridized carbons (Fsp3) is 0.333. The molecule has 8 nitrogen and oxygen atoms in total. The second-order valence-electron chi connectivity index (χ2n) is 9.99. The van der Waals surface area contributed by atoms with E-state index in [1.54, 1.807) is 18.2 Å². The summed E-state index contributed by atoms with van der Waals surface area (Å²) in [4.78, 5) is 29.3. The zero-order valence-electron chi connectivity index (χ0n) is 23.9. The van der Waals surface area contributed by atoms with Crippen LogP contribution in [0.5, 0.6) is 0 Å². The van der Waals surface area contributed by atoms with Gasteiger partial charge in [-0.25, -0.2) is 8.70 Å². The Labute approximate surface area is 257 Å². The molecule has 0 fully saturated rings. The molecule has 226 valence electrons. The van der Waals surface area contributed by atoms with Crippen molar-refractivity contribution in [2.45, 2.75) is 45.3 Å². The normalized spacial score (nSPS) is 13.0. The minimum atomic E-state index is -4.33. The number of anilines is 1. The van der Waals surface area contributed by atoms with Crippen LogP contribution in [-0.2, 0) is 32.8 Å². The number of rotatable bonds is 13. The summed E-state index contributed by atoms with van der Waals surface area (Å²) in [5, 5.41) is 3.49. The zero-order valence-corrected chi connectivity index (χ0v) is 26.3. The van der Waals surface area contributed by atoms with Crippen molar-refractivity contribution in [3.8, 4) is 0 Å². The van der Waals surface area contributed by atoms with Gasteiger partial charge in [-0.3, -0.25) is 9.59 Å². The lowest BCUT2D eigenvalue weighted by Crippen LogP contribution is -2.55. The van der Waals surface area contributed by atoms with Crippen molar-refractivity contribution >= 4 is 50.9 Å². The molecule has 0 aromatic heterocycles. The van der Waals surface area contributed by atoms with E-state index < -0.39 is 40.4 Å². The Hall–Kier alpha value is -3.18. The molecular weight excluding hydrogens is 602 g/mol. The SMILES string of the molecule is CC[C@@H](C)NC(=O)[C@H](Cc1ccccc1)N(Cc1c(Cl)cccc1Cl)C(=O)CN(c1ccccc1F)S(=O)(=O)N(C)C. The van der Waals surface area contributed by atoms with Gasteiger partial charge in [0.05, 0.1) is 5.69 Å². The molecule has 0 radical (unpaired) electrons. The van der Waals surface area contributed by atoms with Gasteiger partial charge in [0.1, 0.15) is 18.4 Å². The van der Waals surface area contributed by atoms with E-state index in [1.807, 2.05) is 44.2 Å². The first-order valence-electron chi connectivity index (χ1n) is 13.4. The van der Waals surface area contributed by atoms with E-state index >= 15 is 0 Å². The molecule has 12 heteroatoms. The molecule has 0 heterocycles. The maximum Gasteiger partial charge on any atom is 0.304 e. The Kier molecular flexibility index (Phi) is 11.8. The predicted molar refractivity (Wildman–Crippen MR) is 165 cm³/mol. The zero-order chi connectivity index (χ0) is 31.0. The predicted octanol–water partition coefficient (Wildman–Crippen LogP) is 5.30. The van der Waals surface area contributed by atoms with E-state index in [-0.39, 0.29) is 34.7 Å². The Balaban J connectivity index is 2.16. The number of carbonyl (C=O) groups excluding carboxylic acids is 2. The molecule has 3 aromatic carbocycles.